The van der Waals surface area contributed by atoms with E-state index in [4.69, 9.17) is 4.74 Å². The van der Waals surface area contributed by atoms with E-state index < -0.39 is 0 Å². The van der Waals surface area contributed by atoms with E-state index in [0.29, 0.717) is 25.1 Å². The van der Waals surface area contributed by atoms with Crippen LogP contribution in [0.5, 0.6) is 5.88 Å². The van der Waals surface area contributed by atoms with Crippen LogP contribution in [0.4, 0.5) is 4.79 Å². The second-order valence-corrected chi connectivity index (χ2v) is 5.19. The van der Waals surface area contributed by atoms with Crippen molar-refractivity contribution in [2.24, 2.45) is 0 Å². The Kier molecular flexibility index (Phi) is 5.21. The van der Waals surface area contributed by atoms with Crippen molar-refractivity contribution in [3.05, 3.63) is 23.9 Å². The lowest BCUT2D eigenvalue weighted by molar-refractivity contribution is 0.202. The highest BCUT2D eigenvalue weighted by Gasteiger charge is 2.19. The smallest absolute Gasteiger partial charge is 0.317 e. The Balaban J connectivity index is 1.92. The number of pyridine rings is 1. The first-order valence-electron chi connectivity index (χ1n) is 7.29. The molecule has 0 atom stereocenters. The van der Waals surface area contributed by atoms with Crippen LogP contribution in [0.15, 0.2) is 18.3 Å². The zero-order valence-corrected chi connectivity index (χ0v) is 12.3. The number of hydrogen-bond donors (Lipinski definition) is 1. The third kappa shape index (κ3) is 3.85. The molecule has 1 fully saturated rings. The number of urea groups is 1. The van der Waals surface area contributed by atoms with Crippen LogP contribution >= 0.6 is 0 Å². The second-order valence-electron chi connectivity index (χ2n) is 5.19. The van der Waals surface area contributed by atoms with Crippen molar-refractivity contribution < 1.29 is 9.53 Å². The summed E-state index contributed by atoms with van der Waals surface area (Å²) in [5, 5.41) is 3.08. The summed E-state index contributed by atoms with van der Waals surface area (Å²) in [6.45, 7) is 3.00. The topological polar surface area (TPSA) is 54.5 Å². The summed E-state index contributed by atoms with van der Waals surface area (Å²) in [6, 6.07) is 4.12. The van der Waals surface area contributed by atoms with Crippen LogP contribution in [0.3, 0.4) is 0 Å². The molecule has 0 bridgehead atoms. The number of carbonyl (C=O) groups excluding carboxylic acids is 1. The van der Waals surface area contributed by atoms with Crippen LogP contribution in [0.25, 0.3) is 0 Å². The molecule has 1 aromatic heterocycles. The predicted molar refractivity (Wildman–Crippen MR) is 77.7 cm³/mol. The van der Waals surface area contributed by atoms with Gasteiger partial charge in [-0.05, 0) is 25.8 Å². The van der Waals surface area contributed by atoms with Crippen molar-refractivity contribution in [2.45, 2.75) is 45.2 Å². The average molecular weight is 277 g/mol. The summed E-state index contributed by atoms with van der Waals surface area (Å²) >= 11 is 0. The number of nitrogens with zero attached hydrogens (tertiary/aromatic N) is 2. The Hall–Kier alpha value is -1.78. The first-order valence-corrected chi connectivity index (χ1v) is 7.29. The molecule has 0 saturated heterocycles. The van der Waals surface area contributed by atoms with Crippen molar-refractivity contribution in [3.63, 3.8) is 0 Å². The SMILES string of the molecule is CCOc1ncccc1CN(C)C(=O)NC1CCCC1. The van der Waals surface area contributed by atoms with Crippen LogP contribution in [-0.4, -0.2) is 35.6 Å². The average Bonchev–Trinajstić information content (AvgIpc) is 2.94. The minimum atomic E-state index is -0.0248. The Labute approximate surface area is 120 Å². The Morgan fingerprint density at radius 2 is 2.25 bits per heavy atom. The molecule has 2 amide bonds. The molecule has 20 heavy (non-hydrogen) atoms. The van der Waals surface area contributed by atoms with Gasteiger partial charge in [0.25, 0.3) is 0 Å². The summed E-state index contributed by atoms with van der Waals surface area (Å²) in [5.74, 6) is 0.607. The first kappa shape index (κ1) is 14.6. The monoisotopic (exact) mass is 277 g/mol. The zero-order chi connectivity index (χ0) is 14.4. The summed E-state index contributed by atoms with van der Waals surface area (Å²) in [6.07, 6.45) is 6.32. The number of carbonyl (C=O) groups is 1. The van der Waals surface area contributed by atoms with E-state index in [9.17, 15) is 4.79 Å². The van der Waals surface area contributed by atoms with Crippen molar-refractivity contribution in [2.75, 3.05) is 13.7 Å². The quantitative estimate of drug-likeness (QED) is 0.900. The fourth-order valence-corrected chi connectivity index (χ4v) is 2.49. The van der Waals surface area contributed by atoms with Gasteiger partial charge in [0.05, 0.1) is 13.2 Å². The zero-order valence-electron chi connectivity index (χ0n) is 12.3. The molecule has 1 aliphatic rings. The molecule has 2 rings (SSSR count). The maximum atomic E-state index is 12.1. The van der Waals surface area contributed by atoms with Gasteiger partial charge in [-0.15, -0.1) is 0 Å². The fraction of sp³-hybridized carbons (Fsp3) is 0.600. The Morgan fingerprint density at radius 3 is 2.95 bits per heavy atom. The van der Waals surface area contributed by atoms with Crippen molar-refractivity contribution in [1.29, 1.82) is 0 Å². The molecule has 110 valence electrons. The second kappa shape index (κ2) is 7.12. The van der Waals surface area contributed by atoms with E-state index in [1.165, 1.54) is 12.8 Å². The summed E-state index contributed by atoms with van der Waals surface area (Å²) in [4.78, 5) is 18.0. The lowest BCUT2D eigenvalue weighted by atomic mass is 10.2. The van der Waals surface area contributed by atoms with Gasteiger partial charge in [-0.3, -0.25) is 0 Å². The minimum Gasteiger partial charge on any atom is -0.478 e. The molecule has 1 saturated carbocycles. The molecule has 1 aromatic rings. The minimum absolute atomic E-state index is 0.0248. The Bertz CT molecular complexity index is 444. The van der Waals surface area contributed by atoms with E-state index in [2.05, 4.69) is 10.3 Å². The van der Waals surface area contributed by atoms with Gasteiger partial charge in [-0.1, -0.05) is 18.9 Å². The van der Waals surface area contributed by atoms with Gasteiger partial charge in [0.2, 0.25) is 5.88 Å². The summed E-state index contributed by atoms with van der Waals surface area (Å²) in [7, 11) is 1.80. The summed E-state index contributed by atoms with van der Waals surface area (Å²) < 4.78 is 5.48. The van der Waals surface area contributed by atoms with Crippen LogP contribution in [0.2, 0.25) is 0 Å². The standard InChI is InChI=1S/C15H23N3O2/c1-3-20-14-12(7-6-10-16-14)11-18(2)15(19)17-13-8-4-5-9-13/h6-7,10,13H,3-5,8-9,11H2,1-2H3,(H,17,19). The van der Waals surface area contributed by atoms with Gasteiger partial charge in [0.15, 0.2) is 0 Å². The van der Waals surface area contributed by atoms with E-state index in [-0.39, 0.29) is 6.03 Å². The Morgan fingerprint density at radius 1 is 1.50 bits per heavy atom. The van der Waals surface area contributed by atoms with Crippen LogP contribution in [0, 0.1) is 0 Å². The van der Waals surface area contributed by atoms with Gasteiger partial charge in [0, 0.05) is 24.8 Å². The number of rotatable bonds is 5. The van der Waals surface area contributed by atoms with Crippen molar-refractivity contribution in [1.82, 2.24) is 15.2 Å². The maximum absolute atomic E-state index is 12.1. The normalized spacial score (nSPS) is 15.1. The molecule has 1 aliphatic carbocycles. The summed E-state index contributed by atoms with van der Waals surface area (Å²) in [5.41, 5.74) is 0.929. The van der Waals surface area contributed by atoms with Crippen LogP contribution in [-0.2, 0) is 6.54 Å². The number of aromatic nitrogens is 1. The highest BCUT2D eigenvalue weighted by molar-refractivity contribution is 5.74. The molecular formula is C15H23N3O2. The third-order valence-corrected chi connectivity index (χ3v) is 3.57. The predicted octanol–water partition coefficient (Wildman–Crippen LogP) is 2.56. The molecule has 1 heterocycles. The highest BCUT2D eigenvalue weighted by Crippen LogP contribution is 2.19. The van der Waals surface area contributed by atoms with Gasteiger partial charge < -0.3 is 15.0 Å². The van der Waals surface area contributed by atoms with E-state index in [1.807, 2.05) is 19.1 Å². The number of nitrogens with one attached hydrogen (secondary N) is 1. The van der Waals surface area contributed by atoms with Crippen LogP contribution in [0.1, 0.15) is 38.2 Å². The van der Waals surface area contributed by atoms with E-state index in [0.717, 1.165) is 18.4 Å². The molecule has 5 nitrogen and oxygen atoms in total. The van der Waals surface area contributed by atoms with Gasteiger partial charge in [-0.2, -0.15) is 0 Å². The number of ether oxygens (including phenoxy) is 1. The number of amides is 2. The molecular weight excluding hydrogens is 254 g/mol. The van der Waals surface area contributed by atoms with Gasteiger partial charge in [0.1, 0.15) is 0 Å². The van der Waals surface area contributed by atoms with E-state index >= 15 is 0 Å². The van der Waals surface area contributed by atoms with Crippen molar-refractivity contribution >= 4 is 6.03 Å². The van der Waals surface area contributed by atoms with E-state index in [1.54, 1.807) is 18.1 Å². The third-order valence-electron chi connectivity index (χ3n) is 3.57. The highest BCUT2D eigenvalue weighted by atomic mass is 16.5. The number of hydrogen-bond acceptors (Lipinski definition) is 3. The largest absolute Gasteiger partial charge is 0.478 e. The maximum Gasteiger partial charge on any atom is 0.317 e. The van der Waals surface area contributed by atoms with Gasteiger partial charge >= 0.3 is 6.03 Å². The lowest BCUT2D eigenvalue weighted by Crippen LogP contribution is -2.41. The molecule has 1 N–H and O–H groups in total. The molecule has 0 aromatic carbocycles. The lowest BCUT2D eigenvalue weighted by Gasteiger charge is -2.21. The molecule has 0 spiro atoms. The van der Waals surface area contributed by atoms with Crippen molar-refractivity contribution in [3.8, 4) is 5.88 Å². The molecule has 5 heteroatoms. The molecule has 0 unspecified atom stereocenters. The first-order chi connectivity index (χ1) is 9.70. The fourth-order valence-electron chi connectivity index (χ4n) is 2.49. The molecule has 0 aliphatic heterocycles. The van der Waals surface area contributed by atoms with Crippen LogP contribution < -0.4 is 10.1 Å². The van der Waals surface area contributed by atoms with Gasteiger partial charge in [-0.25, -0.2) is 9.78 Å². The molecule has 0 radical (unpaired) electrons.